The average molecular weight is 372 g/mol. The van der Waals surface area contributed by atoms with Gasteiger partial charge in [0, 0.05) is 18.8 Å². The Morgan fingerprint density at radius 3 is 2.62 bits per heavy atom. The van der Waals surface area contributed by atoms with Crippen molar-refractivity contribution >= 4 is 41.7 Å². The molecule has 134 valence electrons. The first-order chi connectivity index (χ1) is 11.0. The molecule has 1 fully saturated rings. The van der Waals surface area contributed by atoms with Crippen molar-refractivity contribution in [3.05, 3.63) is 29.8 Å². The smallest absolute Gasteiger partial charge is 0.235 e. The molecule has 2 amide bonds. The minimum absolute atomic E-state index is 0. The molecule has 0 spiro atoms. The zero-order valence-corrected chi connectivity index (χ0v) is 15.8. The predicted octanol–water partition coefficient (Wildman–Crippen LogP) is 2.28. The Kier molecular flexibility index (Phi) is 8.59. The van der Waals surface area contributed by atoms with Gasteiger partial charge in [0.25, 0.3) is 0 Å². The van der Waals surface area contributed by atoms with Crippen LogP contribution in [0, 0.1) is 12.8 Å². The van der Waals surface area contributed by atoms with E-state index in [1.807, 2.05) is 43.0 Å². The van der Waals surface area contributed by atoms with Crippen molar-refractivity contribution in [1.29, 1.82) is 0 Å². The van der Waals surface area contributed by atoms with Gasteiger partial charge in [0.2, 0.25) is 11.8 Å². The van der Waals surface area contributed by atoms with Crippen LogP contribution in [0.5, 0.6) is 0 Å². The van der Waals surface area contributed by atoms with Crippen LogP contribution in [0.2, 0.25) is 0 Å². The Bertz CT molecular complexity index is 553. The van der Waals surface area contributed by atoms with E-state index in [0.717, 1.165) is 30.8 Å². The topological polar surface area (TPSA) is 75.4 Å². The van der Waals surface area contributed by atoms with Gasteiger partial charge < -0.3 is 16.0 Å². The van der Waals surface area contributed by atoms with E-state index < -0.39 is 0 Å². The summed E-state index contributed by atoms with van der Waals surface area (Å²) in [5.41, 5.74) is 7.59. The summed E-state index contributed by atoms with van der Waals surface area (Å²) in [6, 6.07) is 7.67. The van der Waals surface area contributed by atoms with Crippen LogP contribution < -0.4 is 11.1 Å². The molecule has 2 rings (SSSR count). The number of nitrogens with one attached hydrogen (secondary N) is 1. The van der Waals surface area contributed by atoms with E-state index in [-0.39, 0.29) is 35.2 Å². The van der Waals surface area contributed by atoms with Gasteiger partial charge in [0.15, 0.2) is 0 Å². The van der Waals surface area contributed by atoms with Crippen LogP contribution in [0.3, 0.4) is 0 Å². The molecule has 3 N–H and O–H groups in total. The van der Waals surface area contributed by atoms with E-state index in [0.29, 0.717) is 12.5 Å². The molecule has 1 aliphatic rings. The zero-order chi connectivity index (χ0) is 16.8. The Morgan fingerprint density at radius 2 is 2.04 bits per heavy atom. The second-order valence-electron chi connectivity index (χ2n) is 6.04. The van der Waals surface area contributed by atoms with Crippen LogP contribution in [0.4, 0.5) is 5.69 Å². The third-order valence-electron chi connectivity index (χ3n) is 4.08. The van der Waals surface area contributed by atoms with Gasteiger partial charge in [-0.3, -0.25) is 9.59 Å². The number of nitrogens with two attached hydrogens (primary N) is 1. The molecule has 0 saturated carbocycles. The van der Waals surface area contributed by atoms with Crippen LogP contribution in [0.15, 0.2) is 24.3 Å². The molecule has 1 aromatic rings. The standard InChI is InChI=1S/C17H25N3O2S.ClH/c1-12-3-5-15(6-4-12)19-16(21)11-23-13(2)17(22)20-8-7-14(9-18)10-20;/h3-6,13-14H,7-11,18H2,1-2H3,(H,19,21);1H. The molecule has 1 aliphatic heterocycles. The fourth-order valence-electron chi connectivity index (χ4n) is 2.59. The third-order valence-corrected chi connectivity index (χ3v) is 5.21. The van der Waals surface area contributed by atoms with Crippen LogP contribution in [0.25, 0.3) is 0 Å². The summed E-state index contributed by atoms with van der Waals surface area (Å²) in [7, 11) is 0. The van der Waals surface area contributed by atoms with E-state index in [2.05, 4.69) is 5.32 Å². The maximum Gasteiger partial charge on any atom is 0.235 e. The number of carbonyl (C=O) groups excluding carboxylic acids is 2. The molecule has 2 atom stereocenters. The SMILES string of the molecule is Cc1ccc(NC(=O)CSC(C)C(=O)N2CCC(CN)C2)cc1.Cl. The molecular formula is C17H26ClN3O2S. The summed E-state index contributed by atoms with van der Waals surface area (Å²) in [6.45, 7) is 6.02. The second-order valence-corrected chi connectivity index (χ2v) is 7.37. The summed E-state index contributed by atoms with van der Waals surface area (Å²) < 4.78 is 0. The van der Waals surface area contributed by atoms with Gasteiger partial charge in [0.05, 0.1) is 11.0 Å². The van der Waals surface area contributed by atoms with Crippen molar-refractivity contribution < 1.29 is 9.59 Å². The Balaban J connectivity index is 0.00000288. The van der Waals surface area contributed by atoms with Crippen LogP contribution >= 0.6 is 24.2 Å². The number of benzene rings is 1. The van der Waals surface area contributed by atoms with E-state index >= 15 is 0 Å². The number of hydrogen-bond donors (Lipinski definition) is 2. The number of hydrogen-bond acceptors (Lipinski definition) is 4. The van der Waals surface area contributed by atoms with Crippen molar-refractivity contribution in [2.75, 3.05) is 30.7 Å². The molecule has 1 heterocycles. The van der Waals surface area contributed by atoms with Gasteiger partial charge in [-0.15, -0.1) is 24.2 Å². The molecule has 1 aromatic carbocycles. The predicted molar refractivity (Wildman–Crippen MR) is 103 cm³/mol. The molecule has 24 heavy (non-hydrogen) atoms. The van der Waals surface area contributed by atoms with Gasteiger partial charge in [-0.05, 0) is 44.9 Å². The molecule has 0 radical (unpaired) electrons. The number of rotatable bonds is 6. The van der Waals surface area contributed by atoms with Crippen LogP contribution in [-0.4, -0.2) is 47.4 Å². The van der Waals surface area contributed by atoms with Crippen molar-refractivity contribution in [2.45, 2.75) is 25.5 Å². The Morgan fingerprint density at radius 1 is 1.38 bits per heavy atom. The fraction of sp³-hybridized carbons (Fsp3) is 0.529. The van der Waals surface area contributed by atoms with E-state index in [4.69, 9.17) is 5.73 Å². The molecule has 0 aromatic heterocycles. The molecule has 0 aliphatic carbocycles. The first-order valence-electron chi connectivity index (χ1n) is 7.96. The summed E-state index contributed by atoms with van der Waals surface area (Å²) >= 11 is 1.38. The number of carbonyl (C=O) groups is 2. The van der Waals surface area contributed by atoms with Crippen LogP contribution in [-0.2, 0) is 9.59 Å². The molecule has 2 unspecified atom stereocenters. The summed E-state index contributed by atoms with van der Waals surface area (Å²) in [6.07, 6.45) is 0.980. The highest BCUT2D eigenvalue weighted by molar-refractivity contribution is 8.01. The lowest BCUT2D eigenvalue weighted by molar-refractivity contribution is -0.129. The maximum absolute atomic E-state index is 12.3. The van der Waals surface area contributed by atoms with E-state index in [9.17, 15) is 9.59 Å². The lowest BCUT2D eigenvalue weighted by Gasteiger charge is -2.20. The van der Waals surface area contributed by atoms with Crippen molar-refractivity contribution in [2.24, 2.45) is 11.7 Å². The van der Waals surface area contributed by atoms with Gasteiger partial charge in [0.1, 0.15) is 0 Å². The van der Waals surface area contributed by atoms with Crippen molar-refractivity contribution in [3.63, 3.8) is 0 Å². The van der Waals surface area contributed by atoms with Gasteiger partial charge in [-0.1, -0.05) is 17.7 Å². The minimum atomic E-state index is -0.213. The number of nitrogens with zero attached hydrogens (tertiary/aromatic N) is 1. The normalized spacial score (nSPS) is 18.0. The molecule has 1 saturated heterocycles. The van der Waals surface area contributed by atoms with Crippen LogP contribution in [0.1, 0.15) is 18.9 Å². The lowest BCUT2D eigenvalue weighted by atomic mass is 10.1. The number of amides is 2. The highest BCUT2D eigenvalue weighted by atomic mass is 35.5. The highest BCUT2D eigenvalue weighted by Gasteiger charge is 2.28. The minimum Gasteiger partial charge on any atom is -0.341 e. The van der Waals surface area contributed by atoms with Crippen molar-refractivity contribution in [1.82, 2.24) is 4.90 Å². The van der Waals surface area contributed by atoms with Gasteiger partial charge >= 0.3 is 0 Å². The van der Waals surface area contributed by atoms with Gasteiger partial charge in [-0.25, -0.2) is 0 Å². The lowest BCUT2D eigenvalue weighted by Crippen LogP contribution is -2.36. The summed E-state index contributed by atoms with van der Waals surface area (Å²) in [5, 5.41) is 2.64. The highest BCUT2D eigenvalue weighted by Crippen LogP contribution is 2.20. The van der Waals surface area contributed by atoms with Gasteiger partial charge in [-0.2, -0.15) is 0 Å². The molecule has 0 bridgehead atoms. The molecular weight excluding hydrogens is 346 g/mol. The van der Waals surface area contributed by atoms with E-state index in [1.54, 1.807) is 0 Å². The number of thioether (sulfide) groups is 1. The number of halogens is 1. The molecule has 7 heteroatoms. The number of likely N-dealkylation sites (tertiary alicyclic amines) is 1. The summed E-state index contributed by atoms with van der Waals surface area (Å²) in [5.74, 6) is 0.712. The third kappa shape index (κ3) is 6.00. The summed E-state index contributed by atoms with van der Waals surface area (Å²) in [4.78, 5) is 26.2. The fourth-order valence-corrected chi connectivity index (χ4v) is 3.35. The second kappa shape index (κ2) is 9.91. The monoisotopic (exact) mass is 371 g/mol. The Labute approximate surface area is 154 Å². The molecule has 5 nitrogen and oxygen atoms in total. The first-order valence-corrected chi connectivity index (χ1v) is 9.01. The quantitative estimate of drug-likeness (QED) is 0.804. The largest absolute Gasteiger partial charge is 0.341 e. The zero-order valence-electron chi connectivity index (χ0n) is 14.2. The average Bonchev–Trinajstić information content (AvgIpc) is 3.03. The first kappa shape index (κ1) is 20.8. The Hall–Kier alpha value is -1.24. The van der Waals surface area contributed by atoms with Crippen molar-refractivity contribution in [3.8, 4) is 0 Å². The van der Waals surface area contributed by atoms with E-state index in [1.165, 1.54) is 11.8 Å². The number of aryl methyl sites for hydroxylation is 1. The number of anilines is 1. The maximum atomic E-state index is 12.3.